The number of hydrogen-bond donors (Lipinski definition) is 4. The fourth-order valence-electron chi connectivity index (χ4n) is 5.96. The summed E-state index contributed by atoms with van der Waals surface area (Å²) in [6.45, 7) is 9.49. The van der Waals surface area contributed by atoms with E-state index in [0.717, 1.165) is 53.4 Å². The average molecular weight is 646 g/mol. The van der Waals surface area contributed by atoms with Gasteiger partial charge in [0.05, 0.1) is 28.2 Å². The molecule has 0 bridgehead atoms. The highest BCUT2D eigenvalue weighted by Crippen LogP contribution is 2.41. The van der Waals surface area contributed by atoms with Gasteiger partial charge < -0.3 is 26.0 Å². The van der Waals surface area contributed by atoms with E-state index in [0.29, 0.717) is 5.92 Å². The van der Waals surface area contributed by atoms with Crippen molar-refractivity contribution in [2.24, 2.45) is 5.92 Å². The Kier molecular flexibility index (Phi) is 10.0. The van der Waals surface area contributed by atoms with E-state index in [-0.39, 0.29) is 37.8 Å². The summed E-state index contributed by atoms with van der Waals surface area (Å²) in [5, 5.41) is 19.7. The molecule has 4 N–H and O–H groups in total. The van der Waals surface area contributed by atoms with Gasteiger partial charge in [0.1, 0.15) is 12.1 Å². The smallest absolute Gasteiger partial charge is 0.258 e. The molecule has 2 saturated heterocycles. The van der Waals surface area contributed by atoms with E-state index < -0.39 is 40.4 Å². The van der Waals surface area contributed by atoms with E-state index in [1.807, 2.05) is 57.5 Å². The number of aliphatic hydroxyl groups is 1. The lowest BCUT2D eigenvalue weighted by molar-refractivity contribution is -0.143. The molecule has 3 aliphatic rings. The number of nitrogens with zero attached hydrogens (tertiary/aromatic N) is 2. The van der Waals surface area contributed by atoms with Crippen LogP contribution in [0.3, 0.4) is 0 Å². The van der Waals surface area contributed by atoms with E-state index in [9.17, 15) is 23.9 Å². The fourth-order valence-corrected chi connectivity index (χ4v) is 8.10. The lowest BCUT2D eigenvalue weighted by Crippen LogP contribution is -2.61. The van der Waals surface area contributed by atoms with Crippen molar-refractivity contribution < 1.29 is 23.9 Å². The molecule has 3 amide bonds. The number of thiazole rings is 1. The highest BCUT2D eigenvalue weighted by Gasteiger charge is 2.54. The van der Waals surface area contributed by atoms with Gasteiger partial charge in [0.25, 0.3) is 5.91 Å². The van der Waals surface area contributed by atoms with Crippen LogP contribution in [0.15, 0.2) is 29.8 Å². The van der Waals surface area contributed by atoms with Crippen molar-refractivity contribution in [1.82, 2.24) is 25.8 Å². The first-order valence-electron chi connectivity index (χ1n) is 15.5. The molecule has 5 rings (SSSR count). The zero-order chi connectivity index (χ0) is 31.6. The van der Waals surface area contributed by atoms with E-state index in [4.69, 9.17) is 0 Å². The van der Waals surface area contributed by atoms with E-state index in [1.54, 1.807) is 23.1 Å². The van der Waals surface area contributed by atoms with Gasteiger partial charge in [-0.2, -0.15) is 11.8 Å². The molecule has 0 unspecified atom stereocenters. The number of β-amino-alcohol motifs (C(OH)–C–C–N with tert-alkyl or cyclic N) is 1. The number of carbonyl (C=O) groups excluding carboxylic acids is 3. The number of amides is 3. The standard InChI is InChI=1S/C32H44FN5O4S2/c1-19(22-5-7-23(8-6-22)26-20(2)35-18-43-26)36-28(40)25-15-24(39)16-38(25)29(41)27(37-30(42)32(33)11-12-32)31(3,4)44-17-21-9-13-34-14-10-21/h5-8,18-19,21,24-25,27,34,39H,9-17H2,1-4H3,(H,36,40)(H,37,42)/t19-,24+,25-,27+/m0/s1. The molecule has 2 aliphatic heterocycles. The minimum Gasteiger partial charge on any atom is -0.391 e. The Morgan fingerprint density at radius 2 is 1.89 bits per heavy atom. The number of alkyl halides is 1. The SMILES string of the molecule is Cc1ncsc1-c1ccc([C@H](C)NC(=O)[C@@H]2C[C@@H](O)CN2C(=O)[C@@H](NC(=O)C2(F)CC2)C(C)(C)SCC2CCNCC2)cc1. The summed E-state index contributed by atoms with van der Waals surface area (Å²) < 4.78 is 14.0. The summed E-state index contributed by atoms with van der Waals surface area (Å²) in [4.78, 5) is 47.5. The van der Waals surface area contributed by atoms with Gasteiger partial charge in [0.2, 0.25) is 11.8 Å². The first-order chi connectivity index (χ1) is 20.9. The van der Waals surface area contributed by atoms with Crippen LogP contribution in [-0.2, 0) is 14.4 Å². The number of rotatable bonds is 11. The summed E-state index contributed by atoms with van der Waals surface area (Å²) >= 11 is 3.17. The molecule has 240 valence electrons. The predicted molar refractivity (Wildman–Crippen MR) is 172 cm³/mol. The molecule has 2 aromatic rings. The number of piperidine rings is 1. The largest absolute Gasteiger partial charge is 0.391 e. The zero-order valence-corrected chi connectivity index (χ0v) is 27.5. The average Bonchev–Trinajstić information content (AvgIpc) is 3.41. The van der Waals surface area contributed by atoms with E-state index in [1.165, 1.54) is 4.90 Å². The number of aromatic nitrogens is 1. The maximum absolute atomic E-state index is 14.8. The van der Waals surface area contributed by atoms with Crippen molar-refractivity contribution in [2.75, 3.05) is 25.4 Å². The number of thioether (sulfide) groups is 1. The minimum absolute atomic E-state index is 0.0314. The van der Waals surface area contributed by atoms with Crippen molar-refractivity contribution in [3.05, 3.63) is 41.0 Å². The van der Waals surface area contributed by atoms with Crippen LogP contribution < -0.4 is 16.0 Å². The minimum atomic E-state index is -1.95. The van der Waals surface area contributed by atoms with Gasteiger partial charge in [0, 0.05) is 17.7 Å². The Labute approximate surface area is 267 Å². The summed E-state index contributed by atoms with van der Waals surface area (Å²) in [7, 11) is 0. The van der Waals surface area contributed by atoms with Crippen molar-refractivity contribution >= 4 is 40.8 Å². The van der Waals surface area contributed by atoms with Gasteiger partial charge in [-0.1, -0.05) is 24.3 Å². The predicted octanol–water partition coefficient (Wildman–Crippen LogP) is 3.76. The van der Waals surface area contributed by atoms with Gasteiger partial charge in [-0.05, 0) is 89.3 Å². The second kappa shape index (κ2) is 13.4. The lowest BCUT2D eigenvalue weighted by Gasteiger charge is -2.38. The topological polar surface area (TPSA) is 124 Å². The van der Waals surface area contributed by atoms with Gasteiger partial charge in [-0.15, -0.1) is 11.3 Å². The van der Waals surface area contributed by atoms with Gasteiger partial charge in [-0.3, -0.25) is 14.4 Å². The lowest BCUT2D eigenvalue weighted by atomic mass is 9.99. The highest BCUT2D eigenvalue weighted by atomic mass is 32.2. The summed E-state index contributed by atoms with van der Waals surface area (Å²) in [5.74, 6) is -0.340. The third-order valence-corrected chi connectivity index (χ3v) is 11.7. The van der Waals surface area contributed by atoms with E-state index >= 15 is 0 Å². The molecule has 1 aromatic heterocycles. The molecule has 1 aromatic carbocycles. The van der Waals surface area contributed by atoms with Crippen LogP contribution in [0.25, 0.3) is 10.4 Å². The van der Waals surface area contributed by atoms with Crippen LogP contribution in [0, 0.1) is 12.8 Å². The first kappa shape index (κ1) is 32.8. The number of likely N-dealkylation sites (tertiary alicyclic amines) is 1. The fraction of sp³-hybridized carbons (Fsp3) is 0.625. The second-order valence-corrected chi connectivity index (χ2v) is 15.5. The van der Waals surface area contributed by atoms with Crippen LogP contribution in [0.1, 0.15) is 70.2 Å². The molecular formula is C32H44FN5O4S2. The van der Waals surface area contributed by atoms with Gasteiger partial charge >= 0.3 is 0 Å². The van der Waals surface area contributed by atoms with Crippen LogP contribution in [0.4, 0.5) is 4.39 Å². The highest BCUT2D eigenvalue weighted by molar-refractivity contribution is 8.00. The van der Waals surface area contributed by atoms with Crippen LogP contribution >= 0.6 is 23.1 Å². The summed E-state index contributed by atoms with van der Waals surface area (Å²) in [5.41, 5.74) is 2.79. The number of nitrogens with one attached hydrogen (secondary N) is 3. The van der Waals surface area contributed by atoms with Crippen molar-refractivity contribution in [2.45, 2.75) is 94.4 Å². The van der Waals surface area contributed by atoms with E-state index in [2.05, 4.69) is 20.9 Å². The summed E-state index contributed by atoms with van der Waals surface area (Å²) in [6, 6.07) is 5.61. The Bertz CT molecular complexity index is 1340. The molecule has 12 heteroatoms. The molecule has 1 aliphatic carbocycles. The van der Waals surface area contributed by atoms with Crippen LogP contribution in [0.5, 0.6) is 0 Å². The monoisotopic (exact) mass is 645 g/mol. The maximum atomic E-state index is 14.8. The number of halogens is 1. The second-order valence-electron chi connectivity index (χ2n) is 13.0. The Morgan fingerprint density at radius 1 is 1.20 bits per heavy atom. The molecule has 0 spiro atoms. The number of hydrogen-bond acceptors (Lipinski definition) is 8. The van der Waals surface area contributed by atoms with Gasteiger partial charge in [-0.25, -0.2) is 9.37 Å². The van der Waals surface area contributed by atoms with Gasteiger partial charge in [0.15, 0.2) is 5.67 Å². The normalized spacial score (nSPS) is 23.2. The van der Waals surface area contributed by atoms with Crippen LogP contribution in [-0.4, -0.2) is 86.7 Å². The molecule has 0 radical (unpaired) electrons. The molecule has 3 heterocycles. The first-order valence-corrected chi connectivity index (χ1v) is 17.4. The molecule has 3 fully saturated rings. The Hall–Kier alpha value is -2.54. The number of benzene rings is 1. The molecule has 1 saturated carbocycles. The van der Waals surface area contributed by atoms with Crippen molar-refractivity contribution in [3.63, 3.8) is 0 Å². The molecular weight excluding hydrogens is 602 g/mol. The number of aryl methyl sites for hydroxylation is 1. The quantitative estimate of drug-likeness (QED) is 0.294. The summed E-state index contributed by atoms with van der Waals surface area (Å²) in [6.07, 6.45) is 1.55. The number of carbonyl (C=O) groups is 3. The molecule has 44 heavy (non-hydrogen) atoms. The third kappa shape index (κ3) is 7.46. The third-order valence-electron chi connectivity index (χ3n) is 9.11. The van der Waals surface area contributed by atoms with Crippen molar-refractivity contribution in [1.29, 1.82) is 0 Å². The zero-order valence-electron chi connectivity index (χ0n) is 25.9. The Morgan fingerprint density at radius 3 is 2.50 bits per heavy atom. The maximum Gasteiger partial charge on any atom is 0.258 e. The Balaban J connectivity index is 1.29. The molecule has 9 nitrogen and oxygen atoms in total. The number of aliphatic hydroxyl groups excluding tert-OH is 1. The molecule has 4 atom stereocenters. The van der Waals surface area contributed by atoms with Crippen molar-refractivity contribution in [3.8, 4) is 10.4 Å². The van der Waals surface area contributed by atoms with Crippen LogP contribution in [0.2, 0.25) is 0 Å².